The van der Waals surface area contributed by atoms with Crippen LogP contribution in [0.25, 0.3) is 0 Å². The minimum Gasteiger partial charge on any atom is -0.329 e. The maximum atomic E-state index is 4.27. The highest BCUT2D eigenvalue weighted by atomic mass is 32.2. The van der Waals surface area contributed by atoms with Crippen molar-refractivity contribution in [2.45, 2.75) is 31.3 Å². The summed E-state index contributed by atoms with van der Waals surface area (Å²) in [7, 11) is 2.04. The van der Waals surface area contributed by atoms with Crippen LogP contribution in [-0.2, 0) is 7.05 Å². The van der Waals surface area contributed by atoms with Crippen molar-refractivity contribution < 1.29 is 0 Å². The van der Waals surface area contributed by atoms with Crippen LogP contribution in [0.5, 0.6) is 0 Å². The Labute approximate surface area is 96.7 Å². The summed E-state index contributed by atoms with van der Waals surface area (Å²) in [5.41, 5.74) is 0. The Balaban J connectivity index is 1.96. The normalized spacial score (nSPS) is 10.8. The van der Waals surface area contributed by atoms with Crippen molar-refractivity contribution in [1.82, 2.24) is 14.9 Å². The molecule has 0 aliphatic rings. The number of nitrogens with one attached hydrogen (secondary N) is 1. The summed E-state index contributed by atoms with van der Waals surface area (Å²) in [4.78, 5) is 4.27. The molecule has 1 aromatic heterocycles. The van der Waals surface area contributed by atoms with E-state index in [4.69, 9.17) is 0 Å². The van der Waals surface area contributed by atoms with Crippen molar-refractivity contribution in [1.29, 1.82) is 0 Å². The largest absolute Gasteiger partial charge is 0.329 e. The molecule has 0 saturated heterocycles. The molecule has 0 aromatic carbocycles. The molecule has 0 spiro atoms. The van der Waals surface area contributed by atoms with Crippen LogP contribution in [0.4, 0.5) is 0 Å². The van der Waals surface area contributed by atoms with E-state index in [1.54, 1.807) is 0 Å². The fourth-order valence-corrected chi connectivity index (χ4v) is 2.24. The Morgan fingerprint density at radius 1 is 1.40 bits per heavy atom. The number of aryl methyl sites for hydroxylation is 1. The topological polar surface area (TPSA) is 29.9 Å². The summed E-state index contributed by atoms with van der Waals surface area (Å²) in [6.45, 7) is 4.49. The van der Waals surface area contributed by atoms with Crippen LogP contribution in [0.3, 0.4) is 0 Å². The molecule has 0 aliphatic heterocycles. The molecule has 0 bridgehead atoms. The van der Waals surface area contributed by atoms with Gasteiger partial charge in [-0.05, 0) is 32.4 Å². The monoisotopic (exact) mass is 227 g/mol. The van der Waals surface area contributed by atoms with E-state index in [0.717, 1.165) is 18.2 Å². The standard InChI is InChI=1S/C11H21N3S/c1-3-6-12-7-4-5-10-15-11-13-8-9-14(11)2/h8-9,12H,3-7,10H2,1-2H3. The number of hydrogen-bond acceptors (Lipinski definition) is 3. The van der Waals surface area contributed by atoms with E-state index in [1.165, 1.54) is 25.0 Å². The Morgan fingerprint density at radius 3 is 2.93 bits per heavy atom. The summed E-state index contributed by atoms with van der Waals surface area (Å²) >= 11 is 1.84. The van der Waals surface area contributed by atoms with Gasteiger partial charge in [-0.1, -0.05) is 18.7 Å². The lowest BCUT2D eigenvalue weighted by Gasteiger charge is -2.03. The molecule has 15 heavy (non-hydrogen) atoms. The average Bonchev–Trinajstić information content (AvgIpc) is 2.63. The zero-order chi connectivity index (χ0) is 10.9. The van der Waals surface area contributed by atoms with Gasteiger partial charge in [0.25, 0.3) is 0 Å². The van der Waals surface area contributed by atoms with Gasteiger partial charge in [-0.15, -0.1) is 0 Å². The molecular weight excluding hydrogens is 206 g/mol. The lowest BCUT2D eigenvalue weighted by Crippen LogP contribution is -2.15. The van der Waals surface area contributed by atoms with Gasteiger partial charge in [-0.25, -0.2) is 4.98 Å². The van der Waals surface area contributed by atoms with Crippen LogP contribution >= 0.6 is 11.8 Å². The molecule has 0 radical (unpaired) electrons. The van der Waals surface area contributed by atoms with E-state index in [1.807, 2.05) is 31.2 Å². The number of hydrogen-bond donors (Lipinski definition) is 1. The Kier molecular flexibility index (Phi) is 6.52. The third-order valence-electron chi connectivity index (χ3n) is 2.18. The quantitative estimate of drug-likeness (QED) is 0.546. The van der Waals surface area contributed by atoms with Gasteiger partial charge in [0.15, 0.2) is 5.16 Å². The first kappa shape index (κ1) is 12.6. The predicted octanol–water partition coefficient (Wildman–Crippen LogP) is 2.29. The third kappa shape index (κ3) is 5.23. The zero-order valence-electron chi connectivity index (χ0n) is 9.70. The first-order chi connectivity index (χ1) is 7.34. The van der Waals surface area contributed by atoms with Crippen molar-refractivity contribution in [2.75, 3.05) is 18.8 Å². The molecule has 1 heterocycles. The number of unbranched alkanes of at least 4 members (excludes halogenated alkanes) is 1. The van der Waals surface area contributed by atoms with E-state index in [0.29, 0.717) is 0 Å². The van der Waals surface area contributed by atoms with Crippen LogP contribution in [0.2, 0.25) is 0 Å². The molecule has 1 aromatic rings. The first-order valence-corrected chi connectivity index (χ1v) is 6.64. The van der Waals surface area contributed by atoms with Crippen LogP contribution in [0, 0.1) is 0 Å². The maximum absolute atomic E-state index is 4.27. The molecule has 0 fully saturated rings. The second kappa shape index (κ2) is 7.77. The number of aromatic nitrogens is 2. The molecule has 0 unspecified atom stereocenters. The fraction of sp³-hybridized carbons (Fsp3) is 0.727. The van der Waals surface area contributed by atoms with Crippen LogP contribution < -0.4 is 5.32 Å². The molecule has 0 saturated carbocycles. The smallest absolute Gasteiger partial charge is 0.167 e. The lowest BCUT2D eigenvalue weighted by molar-refractivity contribution is 0.634. The van der Waals surface area contributed by atoms with Gasteiger partial charge < -0.3 is 9.88 Å². The fourth-order valence-electron chi connectivity index (χ4n) is 1.31. The van der Waals surface area contributed by atoms with E-state index < -0.39 is 0 Å². The van der Waals surface area contributed by atoms with Crippen LogP contribution in [-0.4, -0.2) is 28.4 Å². The first-order valence-electron chi connectivity index (χ1n) is 5.65. The van der Waals surface area contributed by atoms with Gasteiger partial charge >= 0.3 is 0 Å². The number of imidazole rings is 1. The summed E-state index contributed by atoms with van der Waals surface area (Å²) in [6.07, 6.45) is 7.59. The Hall–Kier alpha value is -0.480. The van der Waals surface area contributed by atoms with Gasteiger partial charge in [0, 0.05) is 25.2 Å². The van der Waals surface area contributed by atoms with Crippen molar-refractivity contribution in [3.8, 4) is 0 Å². The number of thioether (sulfide) groups is 1. The molecule has 1 N–H and O–H groups in total. The molecule has 0 atom stereocenters. The van der Waals surface area contributed by atoms with E-state index in [-0.39, 0.29) is 0 Å². The van der Waals surface area contributed by atoms with Crippen molar-refractivity contribution in [3.63, 3.8) is 0 Å². The van der Waals surface area contributed by atoms with Gasteiger partial charge in [0.05, 0.1) is 0 Å². The van der Waals surface area contributed by atoms with Crippen molar-refractivity contribution in [3.05, 3.63) is 12.4 Å². The molecule has 0 amide bonds. The highest BCUT2D eigenvalue weighted by Gasteiger charge is 1.98. The van der Waals surface area contributed by atoms with Crippen LogP contribution in [0.15, 0.2) is 17.6 Å². The van der Waals surface area contributed by atoms with Crippen LogP contribution in [0.1, 0.15) is 26.2 Å². The third-order valence-corrected chi connectivity index (χ3v) is 3.33. The minimum atomic E-state index is 1.12. The molecule has 0 aliphatic carbocycles. The highest BCUT2D eigenvalue weighted by molar-refractivity contribution is 7.99. The van der Waals surface area contributed by atoms with Gasteiger partial charge in [-0.3, -0.25) is 0 Å². The van der Waals surface area contributed by atoms with Crippen molar-refractivity contribution in [2.24, 2.45) is 7.05 Å². The zero-order valence-corrected chi connectivity index (χ0v) is 10.5. The van der Waals surface area contributed by atoms with Gasteiger partial charge in [0.2, 0.25) is 0 Å². The van der Waals surface area contributed by atoms with E-state index in [9.17, 15) is 0 Å². The second-order valence-electron chi connectivity index (χ2n) is 3.63. The summed E-state index contributed by atoms with van der Waals surface area (Å²) in [5, 5.41) is 4.53. The lowest BCUT2D eigenvalue weighted by atomic mass is 10.3. The van der Waals surface area contributed by atoms with E-state index >= 15 is 0 Å². The number of nitrogens with zero attached hydrogens (tertiary/aromatic N) is 2. The molecule has 3 nitrogen and oxygen atoms in total. The molecule has 1 rings (SSSR count). The predicted molar refractivity (Wildman–Crippen MR) is 66.3 cm³/mol. The maximum Gasteiger partial charge on any atom is 0.167 e. The molecular formula is C11H21N3S. The number of rotatable bonds is 8. The molecule has 86 valence electrons. The SMILES string of the molecule is CCCNCCCCSc1nccn1C. The van der Waals surface area contributed by atoms with E-state index in [2.05, 4.69) is 21.8 Å². The highest BCUT2D eigenvalue weighted by Crippen LogP contribution is 2.15. The van der Waals surface area contributed by atoms with Gasteiger partial charge in [-0.2, -0.15) is 0 Å². The molecule has 4 heteroatoms. The minimum absolute atomic E-state index is 1.12. The average molecular weight is 227 g/mol. The summed E-state index contributed by atoms with van der Waals surface area (Å²) in [6, 6.07) is 0. The second-order valence-corrected chi connectivity index (χ2v) is 4.69. The Bertz CT molecular complexity index is 260. The summed E-state index contributed by atoms with van der Waals surface area (Å²) in [5.74, 6) is 1.17. The van der Waals surface area contributed by atoms with Crippen molar-refractivity contribution >= 4 is 11.8 Å². The van der Waals surface area contributed by atoms with Gasteiger partial charge in [0.1, 0.15) is 0 Å². The summed E-state index contributed by atoms with van der Waals surface area (Å²) < 4.78 is 2.07. The Morgan fingerprint density at radius 2 is 2.27 bits per heavy atom.